The molecule has 0 radical (unpaired) electrons. The average Bonchev–Trinajstić information content (AvgIpc) is 3.10. The van der Waals surface area contributed by atoms with Crippen LogP contribution >= 0.6 is 0 Å². The Morgan fingerprint density at radius 2 is 1.89 bits per heavy atom. The molecule has 0 N–H and O–H groups in total. The molecule has 1 saturated heterocycles. The van der Waals surface area contributed by atoms with Gasteiger partial charge in [-0.25, -0.2) is 4.98 Å². The number of hydrogen-bond acceptors (Lipinski definition) is 3. The van der Waals surface area contributed by atoms with Crippen LogP contribution in [0.4, 0.5) is 0 Å². The molecule has 5 heteroatoms. The summed E-state index contributed by atoms with van der Waals surface area (Å²) in [6.07, 6.45) is 5.59. The first-order chi connectivity index (χ1) is 13.3. The highest BCUT2D eigenvalue weighted by atomic mass is 16.5. The number of amides is 1. The maximum atomic E-state index is 13.2. The molecule has 5 nitrogen and oxygen atoms in total. The lowest BCUT2D eigenvalue weighted by Gasteiger charge is -2.33. The second kappa shape index (κ2) is 6.58. The molecule has 3 heterocycles. The van der Waals surface area contributed by atoms with E-state index in [2.05, 4.69) is 21.7 Å². The van der Waals surface area contributed by atoms with Crippen LogP contribution in [0.5, 0.6) is 11.5 Å². The molecule has 2 aromatic carbocycles. The topological polar surface area (TPSA) is 47.4 Å². The Kier molecular flexibility index (Phi) is 3.93. The zero-order valence-electron chi connectivity index (χ0n) is 15.0. The van der Waals surface area contributed by atoms with Crippen molar-refractivity contribution in [1.82, 2.24) is 14.5 Å². The van der Waals surface area contributed by atoms with E-state index in [4.69, 9.17) is 4.74 Å². The van der Waals surface area contributed by atoms with Crippen molar-refractivity contribution >= 4 is 5.91 Å². The smallest absolute Gasteiger partial charge is 0.230 e. The predicted octanol–water partition coefficient (Wildman–Crippen LogP) is 3.94. The minimum Gasteiger partial charge on any atom is -0.457 e. The number of aromatic nitrogens is 2. The highest BCUT2D eigenvalue weighted by molar-refractivity contribution is 5.84. The molecule has 0 spiro atoms. The first kappa shape index (κ1) is 16.1. The predicted molar refractivity (Wildman–Crippen MR) is 102 cm³/mol. The summed E-state index contributed by atoms with van der Waals surface area (Å²) in [5.41, 5.74) is 3.23. The fourth-order valence-electron chi connectivity index (χ4n) is 4.06. The Balaban J connectivity index is 1.62. The maximum absolute atomic E-state index is 13.2. The number of piperidine rings is 1. The Labute approximate surface area is 158 Å². The van der Waals surface area contributed by atoms with Gasteiger partial charge in [0.2, 0.25) is 5.91 Å². The maximum Gasteiger partial charge on any atom is 0.230 e. The molecule has 2 aliphatic heterocycles. The molecule has 3 aromatic rings. The second-order valence-corrected chi connectivity index (χ2v) is 7.29. The van der Waals surface area contributed by atoms with Crippen LogP contribution in [0.3, 0.4) is 0 Å². The minimum atomic E-state index is -0.104. The number of ether oxygens (including phenoxy) is 1. The highest BCUT2D eigenvalue weighted by Gasteiger charge is 2.30. The number of hydrogen-bond donors (Lipinski definition) is 0. The molecular formula is C22H21N3O2. The highest BCUT2D eigenvalue weighted by Crippen LogP contribution is 2.33. The second-order valence-electron chi connectivity index (χ2n) is 7.29. The minimum absolute atomic E-state index is 0.104. The molecule has 1 amide bonds. The van der Waals surface area contributed by atoms with Crippen molar-refractivity contribution in [2.75, 3.05) is 6.54 Å². The number of carbonyl (C=O) groups excluding carboxylic acids is 1. The van der Waals surface area contributed by atoms with Crippen LogP contribution in [-0.2, 0) is 17.9 Å². The van der Waals surface area contributed by atoms with Crippen LogP contribution in [0.15, 0.2) is 61.1 Å². The number of nitrogens with zero attached hydrogens (tertiary/aromatic N) is 3. The van der Waals surface area contributed by atoms with Crippen molar-refractivity contribution in [3.05, 3.63) is 77.9 Å². The van der Waals surface area contributed by atoms with Gasteiger partial charge in [-0.05, 0) is 48.2 Å². The SMILES string of the molecule is O=C1C2CCCN1Cc1cncn1Cc1cccc(c1)Oc1cccc2c1. The molecule has 0 aliphatic carbocycles. The number of fused-ring (bicyclic) bond motifs is 8. The van der Waals surface area contributed by atoms with Gasteiger partial charge in [-0.2, -0.15) is 0 Å². The Bertz CT molecular complexity index is 994. The normalized spacial score (nSPS) is 19.0. The van der Waals surface area contributed by atoms with Crippen molar-refractivity contribution in [2.24, 2.45) is 0 Å². The summed E-state index contributed by atoms with van der Waals surface area (Å²) in [6, 6.07) is 16.1. The zero-order chi connectivity index (χ0) is 18.2. The summed E-state index contributed by atoms with van der Waals surface area (Å²) in [5.74, 6) is 1.67. The fourth-order valence-corrected chi connectivity index (χ4v) is 4.06. The van der Waals surface area contributed by atoms with Crippen LogP contribution < -0.4 is 4.74 Å². The molecule has 1 unspecified atom stereocenters. The summed E-state index contributed by atoms with van der Waals surface area (Å²) in [5, 5.41) is 0. The van der Waals surface area contributed by atoms with Gasteiger partial charge < -0.3 is 14.2 Å². The van der Waals surface area contributed by atoms with E-state index in [9.17, 15) is 4.79 Å². The van der Waals surface area contributed by atoms with Crippen molar-refractivity contribution in [3.8, 4) is 11.5 Å². The van der Waals surface area contributed by atoms with Crippen molar-refractivity contribution in [1.29, 1.82) is 0 Å². The summed E-state index contributed by atoms with van der Waals surface area (Å²) in [6.45, 7) is 2.11. The summed E-state index contributed by atoms with van der Waals surface area (Å²) >= 11 is 0. The largest absolute Gasteiger partial charge is 0.457 e. The van der Waals surface area contributed by atoms with Gasteiger partial charge in [0.05, 0.1) is 24.5 Å². The monoisotopic (exact) mass is 359 g/mol. The van der Waals surface area contributed by atoms with E-state index in [-0.39, 0.29) is 11.8 Å². The number of imidazole rings is 1. The van der Waals surface area contributed by atoms with E-state index in [1.54, 1.807) is 0 Å². The summed E-state index contributed by atoms with van der Waals surface area (Å²) < 4.78 is 8.21. The van der Waals surface area contributed by atoms with Crippen LogP contribution in [0, 0.1) is 0 Å². The Morgan fingerprint density at radius 3 is 2.81 bits per heavy atom. The molecule has 0 saturated carbocycles. The fraction of sp³-hybridized carbons (Fsp3) is 0.273. The Hall–Kier alpha value is -3.08. The zero-order valence-corrected chi connectivity index (χ0v) is 15.0. The van der Waals surface area contributed by atoms with Gasteiger partial charge in [-0.15, -0.1) is 0 Å². The lowest BCUT2D eigenvalue weighted by atomic mass is 9.89. The van der Waals surface area contributed by atoms with Gasteiger partial charge >= 0.3 is 0 Å². The Morgan fingerprint density at radius 1 is 1.04 bits per heavy atom. The van der Waals surface area contributed by atoms with E-state index < -0.39 is 0 Å². The molecule has 6 bridgehead atoms. The third kappa shape index (κ3) is 3.10. The molecule has 27 heavy (non-hydrogen) atoms. The molecule has 1 atom stereocenters. The lowest BCUT2D eigenvalue weighted by Crippen LogP contribution is -2.40. The number of benzene rings is 2. The van der Waals surface area contributed by atoms with Crippen LogP contribution in [-0.4, -0.2) is 26.9 Å². The van der Waals surface area contributed by atoms with Gasteiger partial charge in [0.15, 0.2) is 0 Å². The summed E-state index contributed by atoms with van der Waals surface area (Å²) in [7, 11) is 0. The molecule has 5 rings (SSSR count). The third-order valence-electron chi connectivity index (χ3n) is 5.43. The van der Waals surface area contributed by atoms with Crippen LogP contribution in [0.1, 0.15) is 35.6 Å². The molecule has 1 aromatic heterocycles. The third-order valence-corrected chi connectivity index (χ3v) is 5.43. The van der Waals surface area contributed by atoms with Gasteiger partial charge in [0, 0.05) is 19.3 Å². The van der Waals surface area contributed by atoms with E-state index in [0.29, 0.717) is 13.1 Å². The standard InChI is InChI=1S/C22H21N3O2/c26-22-21-8-3-9-24(22)14-18-12-23-15-25(18)13-16-4-1-6-19(10-16)27-20-7-2-5-17(21)11-20/h1-2,4-7,10-12,15,21H,3,8-9,13-14H2. The van der Waals surface area contributed by atoms with E-state index >= 15 is 0 Å². The number of carbonyl (C=O) groups is 1. The van der Waals surface area contributed by atoms with Crippen molar-refractivity contribution in [2.45, 2.75) is 31.8 Å². The quantitative estimate of drug-likeness (QED) is 0.611. The van der Waals surface area contributed by atoms with E-state index in [0.717, 1.165) is 47.7 Å². The molecule has 2 aliphatic rings. The average molecular weight is 359 g/mol. The lowest BCUT2D eigenvalue weighted by molar-refractivity contribution is -0.136. The van der Waals surface area contributed by atoms with E-state index in [1.807, 2.05) is 53.8 Å². The van der Waals surface area contributed by atoms with Gasteiger partial charge in [-0.3, -0.25) is 4.79 Å². The van der Waals surface area contributed by atoms with Gasteiger partial charge in [-0.1, -0.05) is 24.3 Å². The van der Waals surface area contributed by atoms with Gasteiger partial charge in [0.1, 0.15) is 11.5 Å². The van der Waals surface area contributed by atoms with Gasteiger partial charge in [0.25, 0.3) is 0 Å². The number of rotatable bonds is 0. The van der Waals surface area contributed by atoms with Crippen LogP contribution in [0.2, 0.25) is 0 Å². The summed E-state index contributed by atoms with van der Waals surface area (Å²) in [4.78, 5) is 19.4. The van der Waals surface area contributed by atoms with Crippen LogP contribution in [0.25, 0.3) is 0 Å². The van der Waals surface area contributed by atoms with E-state index in [1.165, 1.54) is 0 Å². The molecule has 136 valence electrons. The van der Waals surface area contributed by atoms with Crippen molar-refractivity contribution in [3.63, 3.8) is 0 Å². The first-order valence-corrected chi connectivity index (χ1v) is 9.41. The molecule has 1 fully saturated rings. The first-order valence-electron chi connectivity index (χ1n) is 9.41. The van der Waals surface area contributed by atoms with Crippen molar-refractivity contribution < 1.29 is 9.53 Å². The molecular weight excluding hydrogens is 338 g/mol.